The average Bonchev–Trinajstić information content (AvgIpc) is 2.74. The molecule has 2 rings (SSSR count). The Bertz CT molecular complexity index is 449. The minimum atomic E-state index is -2.40. The number of hydrogen-bond acceptors (Lipinski definition) is 3. The lowest BCUT2D eigenvalue weighted by Crippen LogP contribution is -2.23. The molecule has 1 aliphatic heterocycles. The van der Waals surface area contributed by atoms with Crippen molar-refractivity contribution in [2.24, 2.45) is 0 Å². The Morgan fingerprint density at radius 2 is 2.43 bits per heavy atom. The maximum Gasteiger partial charge on any atom is 0.231 e. The Hall–Kier alpha value is -1.22. The SMILES string of the molecule is [2H]C([2H])([2H])C([2H])(Cc1ccc2c(c1)OCO2)NC. The van der Waals surface area contributed by atoms with Crippen molar-refractivity contribution in [2.45, 2.75) is 19.3 Å². The molecule has 0 amide bonds. The summed E-state index contributed by atoms with van der Waals surface area (Å²) in [6.45, 7) is -2.23. The standard InChI is InChI=1S/C11H15NO2/c1-8(12-2)5-9-3-4-10-11(6-9)14-7-13-10/h3-4,6,8,12H,5,7H2,1-2H3/i1D3,8D. The number of nitrogens with one attached hydrogen (secondary N) is 1. The Labute approximate surface area is 89.6 Å². The Balaban J connectivity index is 2.23. The lowest BCUT2D eigenvalue weighted by molar-refractivity contribution is 0.174. The molecule has 1 aromatic rings. The second-order valence-electron chi connectivity index (χ2n) is 3.09. The van der Waals surface area contributed by atoms with Gasteiger partial charge in [0.2, 0.25) is 6.79 Å². The predicted octanol–water partition coefficient (Wildman–Crippen LogP) is 1.57. The van der Waals surface area contributed by atoms with Gasteiger partial charge in [-0.2, -0.15) is 0 Å². The van der Waals surface area contributed by atoms with E-state index < -0.39 is 12.9 Å². The lowest BCUT2D eigenvalue weighted by Gasteiger charge is -2.09. The topological polar surface area (TPSA) is 30.5 Å². The molecule has 3 heteroatoms. The van der Waals surface area contributed by atoms with Gasteiger partial charge < -0.3 is 14.8 Å². The van der Waals surface area contributed by atoms with E-state index in [0.29, 0.717) is 11.5 Å². The van der Waals surface area contributed by atoms with Crippen LogP contribution in [0.3, 0.4) is 0 Å². The van der Waals surface area contributed by atoms with Gasteiger partial charge in [-0.15, -0.1) is 0 Å². The van der Waals surface area contributed by atoms with Crippen LogP contribution in [0.25, 0.3) is 0 Å². The van der Waals surface area contributed by atoms with E-state index in [9.17, 15) is 0 Å². The highest BCUT2D eigenvalue weighted by molar-refractivity contribution is 5.44. The van der Waals surface area contributed by atoms with Gasteiger partial charge in [-0.05, 0) is 38.0 Å². The first-order valence-corrected chi connectivity index (χ1v) is 4.43. The Kier molecular flexibility index (Phi) is 1.56. The maximum atomic E-state index is 8.01. The van der Waals surface area contributed by atoms with Crippen molar-refractivity contribution in [3.63, 3.8) is 0 Å². The van der Waals surface area contributed by atoms with Crippen LogP contribution in [0.1, 0.15) is 17.9 Å². The van der Waals surface area contributed by atoms with Gasteiger partial charge in [-0.1, -0.05) is 6.07 Å². The molecular weight excluding hydrogens is 178 g/mol. The van der Waals surface area contributed by atoms with Crippen molar-refractivity contribution in [1.29, 1.82) is 0 Å². The molecule has 1 aromatic carbocycles. The van der Waals surface area contributed by atoms with Crippen molar-refractivity contribution >= 4 is 0 Å². The van der Waals surface area contributed by atoms with Gasteiger partial charge in [0.15, 0.2) is 11.5 Å². The minimum absolute atomic E-state index is 0.0661. The fourth-order valence-corrected chi connectivity index (χ4v) is 1.34. The van der Waals surface area contributed by atoms with Gasteiger partial charge in [0.25, 0.3) is 0 Å². The van der Waals surface area contributed by atoms with Crippen LogP contribution in [0, 0.1) is 0 Å². The first-order chi connectivity index (χ1) is 8.36. The zero-order valence-electron chi connectivity index (χ0n) is 12.0. The molecule has 0 aliphatic carbocycles. The highest BCUT2D eigenvalue weighted by Gasteiger charge is 2.13. The van der Waals surface area contributed by atoms with E-state index in [-0.39, 0.29) is 13.2 Å². The molecule has 0 bridgehead atoms. The number of benzene rings is 1. The second kappa shape index (κ2) is 3.88. The molecule has 1 N–H and O–H groups in total. The third-order valence-electron chi connectivity index (χ3n) is 2.12. The molecule has 1 heterocycles. The number of ether oxygens (including phenoxy) is 2. The summed E-state index contributed by atoms with van der Waals surface area (Å²) in [6.07, 6.45) is 0.0661. The molecule has 3 nitrogen and oxygen atoms in total. The first-order valence-electron chi connectivity index (χ1n) is 6.43. The van der Waals surface area contributed by atoms with Crippen LogP contribution in [-0.2, 0) is 6.42 Å². The minimum Gasteiger partial charge on any atom is -0.454 e. The van der Waals surface area contributed by atoms with E-state index >= 15 is 0 Å². The van der Waals surface area contributed by atoms with Gasteiger partial charge in [0.05, 0.1) is 0 Å². The van der Waals surface area contributed by atoms with Crippen LogP contribution >= 0.6 is 0 Å². The predicted molar refractivity (Wildman–Crippen MR) is 54.8 cm³/mol. The van der Waals surface area contributed by atoms with Crippen LogP contribution in [0.2, 0.25) is 0 Å². The van der Waals surface area contributed by atoms with Crippen LogP contribution < -0.4 is 14.8 Å². The molecule has 1 unspecified atom stereocenters. The summed E-state index contributed by atoms with van der Waals surface area (Å²) < 4.78 is 40.7. The maximum absolute atomic E-state index is 8.01. The van der Waals surface area contributed by atoms with Crippen molar-refractivity contribution in [1.82, 2.24) is 5.32 Å². The van der Waals surface area contributed by atoms with Crippen molar-refractivity contribution in [2.75, 3.05) is 13.8 Å². The average molecular weight is 197 g/mol. The molecule has 1 aliphatic rings. The lowest BCUT2D eigenvalue weighted by atomic mass is 10.1. The third kappa shape index (κ3) is 1.82. The summed E-state index contributed by atoms with van der Waals surface area (Å²) >= 11 is 0. The Morgan fingerprint density at radius 1 is 1.57 bits per heavy atom. The zero-order valence-corrected chi connectivity index (χ0v) is 7.96. The molecule has 76 valence electrons. The number of likely N-dealkylation sites (N-methyl/N-ethyl adjacent to an activating group) is 1. The van der Waals surface area contributed by atoms with E-state index in [1.165, 1.54) is 7.05 Å². The second-order valence-corrected chi connectivity index (χ2v) is 3.09. The van der Waals surface area contributed by atoms with Crippen molar-refractivity contribution in [3.05, 3.63) is 23.8 Å². The smallest absolute Gasteiger partial charge is 0.231 e. The summed E-state index contributed by atoms with van der Waals surface area (Å²) in [6, 6.07) is 3.49. The zero-order chi connectivity index (χ0) is 13.4. The summed E-state index contributed by atoms with van der Waals surface area (Å²) in [5, 5.41) is 2.57. The normalized spacial score (nSPS) is 22.9. The van der Waals surface area contributed by atoms with E-state index in [2.05, 4.69) is 5.32 Å². The molecule has 0 saturated heterocycles. The first kappa shape index (κ1) is 5.61. The van der Waals surface area contributed by atoms with E-state index in [1.807, 2.05) is 0 Å². The molecule has 0 spiro atoms. The van der Waals surface area contributed by atoms with Gasteiger partial charge in [0, 0.05) is 11.5 Å². The molecule has 0 fully saturated rings. The summed E-state index contributed by atoms with van der Waals surface area (Å²) in [5.74, 6) is 1.24. The third-order valence-corrected chi connectivity index (χ3v) is 2.12. The summed E-state index contributed by atoms with van der Waals surface area (Å²) in [7, 11) is 1.48. The Morgan fingerprint density at radius 3 is 3.21 bits per heavy atom. The van der Waals surface area contributed by atoms with Crippen molar-refractivity contribution in [3.8, 4) is 11.5 Å². The number of fused-ring (bicyclic) bond motifs is 1. The van der Waals surface area contributed by atoms with Crippen LogP contribution in [-0.4, -0.2) is 19.9 Å². The van der Waals surface area contributed by atoms with E-state index in [4.69, 9.17) is 15.0 Å². The molecule has 0 saturated carbocycles. The van der Waals surface area contributed by atoms with Gasteiger partial charge in [-0.3, -0.25) is 0 Å². The molecule has 0 radical (unpaired) electrons. The quantitative estimate of drug-likeness (QED) is 0.797. The number of rotatable bonds is 3. The highest BCUT2D eigenvalue weighted by atomic mass is 16.7. The molecule has 14 heavy (non-hydrogen) atoms. The molecule has 0 aromatic heterocycles. The molecule has 1 atom stereocenters. The van der Waals surface area contributed by atoms with Gasteiger partial charge in [-0.25, -0.2) is 0 Å². The van der Waals surface area contributed by atoms with E-state index in [0.717, 1.165) is 5.56 Å². The van der Waals surface area contributed by atoms with Crippen LogP contribution in [0.5, 0.6) is 11.5 Å². The monoisotopic (exact) mass is 197 g/mol. The molecular formula is C11H15NO2. The van der Waals surface area contributed by atoms with E-state index in [1.54, 1.807) is 18.2 Å². The largest absolute Gasteiger partial charge is 0.454 e. The fourth-order valence-electron chi connectivity index (χ4n) is 1.34. The highest BCUT2D eigenvalue weighted by Crippen LogP contribution is 2.32. The summed E-state index contributed by atoms with van der Waals surface area (Å²) in [5.41, 5.74) is 0.722. The summed E-state index contributed by atoms with van der Waals surface area (Å²) in [4.78, 5) is 0. The van der Waals surface area contributed by atoms with Crippen molar-refractivity contribution < 1.29 is 15.0 Å². The van der Waals surface area contributed by atoms with Gasteiger partial charge >= 0.3 is 0 Å². The van der Waals surface area contributed by atoms with Crippen LogP contribution in [0.15, 0.2) is 18.2 Å². The van der Waals surface area contributed by atoms with Gasteiger partial charge in [0.1, 0.15) is 0 Å². The fraction of sp³-hybridized carbons (Fsp3) is 0.455. The number of hydrogen-bond donors (Lipinski definition) is 1. The van der Waals surface area contributed by atoms with Crippen LogP contribution in [0.4, 0.5) is 0 Å².